The minimum Gasteiger partial charge on any atom is -0.451 e. The zero-order valence-corrected chi connectivity index (χ0v) is 16.0. The lowest BCUT2D eigenvalue weighted by Crippen LogP contribution is -2.47. The number of anilines is 1. The Morgan fingerprint density at radius 3 is 2.44 bits per heavy atom. The molecule has 0 bridgehead atoms. The second kappa shape index (κ2) is 9.27. The van der Waals surface area contributed by atoms with E-state index >= 15 is 0 Å². The van der Waals surface area contributed by atoms with Crippen molar-refractivity contribution in [2.45, 2.75) is 32.9 Å². The van der Waals surface area contributed by atoms with Crippen molar-refractivity contribution in [2.75, 3.05) is 5.32 Å². The van der Waals surface area contributed by atoms with E-state index in [0.717, 1.165) is 6.07 Å². The molecular weight excluding hydrogens is 371 g/mol. The van der Waals surface area contributed by atoms with Crippen molar-refractivity contribution in [3.8, 4) is 0 Å². The number of rotatable bonds is 7. The highest BCUT2D eigenvalue weighted by Gasteiger charge is 2.29. The van der Waals surface area contributed by atoms with Gasteiger partial charge in [0.1, 0.15) is 11.9 Å². The van der Waals surface area contributed by atoms with Gasteiger partial charge in [-0.25, -0.2) is 9.18 Å². The second-order valence-electron chi connectivity index (χ2n) is 6.25. The molecule has 0 saturated heterocycles. The van der Waals surface area contributed by atoms with Crippen LogP contribution in [0.3, 0.4) is 0 Å². The largest absolute Gasteiger partial charge is 0.451 e. The summed E-state index contributed by atoms with van der Waals surface area (Å²) in [6.07, 6.45) is -1.11. The molecule has 1 aromatic heterocycles. The van der Waals surface area contributed by atoms with Gasteiger partial charge < -0.3 is 15.4 Å². The first kappa shape index (κ1) is 20.6. The minimum atomic E-state index is -1.11. The van der Waals surface area contributed by atoms with Crippen LogP contribution in [-0.2, 0) is 14.3 Å². The van der Waals surface area contributed by atoms with E-state index in [9.17, 15) is 18.8 Å². The Kier molecular flexibility index (Phi) is 7.06. The summed E-state index contributed by atoms with van der Waals surface area (Å²) in [7, 11) is 0. The summed E-state index contributed by atoms with van der Waals surface area (Å²) >= 11 is 1.26. The molecule has 0 unspecified atom stereocenters. The third-order valence-corrected chi connectivity index (χ3v) is 4.58. The normalized spacial score (nSPS) is 12.9. The lowest BCUT2D eigenvalue weighted by atomic mass is 10.0. The van der Waals surface area contributed by atoms with E-state index in [4.69, 9.17) is 4.74 Å². The molecule has 6 nitrogen and oxygen atoms in total. The lowest BCUT2D eigenvalue weighted by Gasteiger charge is -2.22. The first-order valence-corrected chi connectivity index (χ1v) is 9.27. The SMILES string of the molecule is CC(C)[C@H](NC(=O)c1cccs1)C(=O)O[C@@H](C)C(=O)Nc1cccc(F)c1. The molecular formula is C19H21FN2O4S. The molecule has 144 valence electrons. The number of hydrogen-bond donors (Lipinski definition) is 2. The van der Waals surface area contributed by atoms with E-state index in [1.807, 2.05) is 0 Å². The first-order valence-electron chi connectivity index (χ1n) is 8.39. The van der Waals surface area contributed by atoms with Gasteiger partial charge in [-0.3, -0.25) is 9.59 Å². The van der Waals surface area contributed by atoms with Gasteiger partial charge in [-0.05, 0) is 42.5 Å². The summed E-state index contributed by atoms with van der Waals surface area (Å²) in [5, 5.41) is 6.87. The monoisotopic (exact) mass is 392 g/mol. The quantitative estimate of drug-likeness (QED) is 0.709. The number of carbonyl (C=O) groups excluding carboxylic acids is 3. The van der Waals surface area contributed by atoms with Gasteiger partial charge in [0.25, 0.3) is 11.8 Å². The van der Waals surface area contributed by atoms with Gasteiger partial charge in [-0.15, -0.1) is 11.3 Å². The van der Waals surface area contributed by atoms with Crippen LogP contribution in [0.25, 0.3) is 0 Å². The summed E-state index contributed by atoms with van der Waals surface area (Å²) in [6.45, 7) is 4.93. The molecule has 0 radical (unpaired) electrons. The van der Waals surface area contributed by atoms with Crippen molar-refractivity contribution in [2.24, 2.45) is 5.92 Å². The summed E-state index contributed by atoms with van der Waals surface area (Å²) in [6, 6.07) is 7.88. The van der Waals surface area contributed by atoms with E-state index in [0.29, 0.717) is 4.88 Å². The molecule has 0 spiro atoms. The molecule has 0 saturated carbocycles. The fourth-order valence-corrected chi connectivity index (χ4v) is 2.86. The molecule has 0 fully saturated rings. The second-order valence-corrected chi connectivity index (χ2v) is 7.20. The zero-order chi connectivity index (χ0) is 20.0. The summed E-state index contributed by atoms with van der Waals surface area (Å²) < 4.78 is 18.4. The summed E-state index contributed by atoms with van der Waals surface area (Å²) in [5.74, 6) is -2.41. The van der Waals surface area contributed by atoms with Gasteiger partial charge >= 0.3 is 5.97 Å². The van der Waals surface area contributed by atoms with Gasteiger partial charge in [0, 0.05) is 5.69 Å². The van der Waals surface area contributed by atoms with Gasteiger partial charge in [-0.2, -0.15) is 0 Å². The van der Waals surface area contributed by atoms with E-state index in [-0.39, 0.29) is 17.5 Å². The molecule has 2 rings (SSSR count). The van der Waals surface area contributed by atoms with Crippen molar-refractivity contribution in [3.63, 3.8) is 0 Å². The highest BCUT2D eigenvalue weighted by atomic mass is 32.1. The first-order chi connectivity index (χ1) is 12.8. The fraction of sp³-hybridized carbons (Fsp3) is 0.316. The van der Waals surface area contributed by atoms with Crippen LogP contribution in [0, 0.1) is 11.7 Å². The van der Waals surface area contributed by atoms with Crippen molar-refractivity contribution in [1.29, 1.82) is 0 Å². The smallest absolute Gasteiger partial charge is 0.329 e. The van der Waals surface area contributed by atoms with Crippen LogP contribution < -0.4 is 10.6 Å². The molecule has 2 atom stereocenters. The molecule has 27 heavy (non-hydrogen) atoms. The Balaban J connectivity index is 1.97. The number of carbonyl (C=O) groups is 3. The molecule has 2 aromatic rings. The molecule has 8 heteroatoms. The summed E-state index contributed by atoms with van der Waals surface area (Å²) in [5.41, 5.74) is 0.259. The predicted octanol–water partition coefficient (Wildman–Crippen LogP) is 3.21. The molecule has 1 heterocycles. The highest BCUT2D eigenvalue weighted by Crippen LogP contribution is 2.13. The minimum absolute atomic E-state index is 0.236. The van der Waals surface area contributed by atoms with Crippen LogP contribution in [0.1, 0.15) is 30.4 Å². The van der Waals surface area contributed by atoms with Gasteiger partial charge in [0.2, 0.25) is 0 Å². The number of esters is 1. The fourth-order valence-electron chi connectivity index (χ4n) is 2.23. The molecule has 2 N–H and O–H groups in total. The lowest BCUT2D eigenvalue weighted by molar-refractivity contribution is -0.156. The Bertz CT molecular complexity index is 808. The van der Waals surface area contributed by atoms with E-state index in [2.05, 4.69) is 10.6 Å². The number of thiophene rings is 1. The maximum Gasteiger partial charge on any atom is 0.329 e. The van der Waals surface area contributed by atoms with Crippen molar-refractivity contribution < 1.29 is 23.5 Å². The van der Waals surface area contributed by atoms with Gasteiger partial charge in [0.15, 0.2) is 6.10 Å². The van der Waals surface area contributed by atoms with Crippen LogP contribution in [0.5, 0.6) is 0 Å². The third-order valence-electron chi connectivity index (χ3n) is 3.71. The Morgan fingerprint density at radius 2 is 1.85 bits per heavy atom. The number of nitrogens with one attached hydrogen (secondary N) is 2. The standard InChI is InChI=1S/C19H21FN2O4S/c1-11(2)16(22-18(24)15-8-5-9-27-15)19(25)26-12(3)17(23)21-14-7-4-6-13(20)10-14/h4-12,16H,1-3H3,(H,21,23)(H,22,24)/t12-,16-/m0/s1. The van der Waals surface area contributed by atoms with Crippen LogP contribution in [-0.4, -0.2) is 29.9 Å². The van der Waals surface area contributed by atoms with Crippen molar-refractivity contribution in [3.05, 3.63) is 52.5 Å². The van der Waals surface area contributed by atoms with Gasteiger partial charge in [-0.1, -0.05) is 26.0 Å². The van der Waals surface area contributed by atoms with Crippen LogP contribution in [0.4, 0.5) is 10.1 Å². The van der Waals surface area contributed by atoms with Crippen LogP contribution >= 0.6 is 11.3 Å². The number of halogens is 1. The molecule has 0 aliphatic carbocycles. The highest BCUT2D eigenvalue weighted by molar-refractivity contribution is 7.12. The Morgan fingerprint density at radius 1 is 1.11 bits per heavy atom. The molecule has 1 aromatic carbocycles. The van der Waals surface area contributed by atoms with E-state index < -0.39 is 29.8 Å². The molecule has 0 aliphatic rings. The van der Waals surface area contributed by atoms with Crippen molar-refractivity contribution in [1.82, 2.24) is 5.32 Å². The Labute approximate surface area is 160 Å². The number of amides is 2. The number of benzene rings is 1. The molecule has 0 aliphatic heterocycles. The summed E-state index contributed by atoms with van der Waals surface area (Å²) in [4.78, 5) is 37.3. The molecule has 2 amide bonds. The number of hydrogen-bond acceptors (Lipinski definition) is 5. The van der Waals surface area contributed by atoms with Crippen LogP contribution in [0.15, 0.2) is 41.8 Å². The zero-order valence-electron chi connectivity index (χ0n) is 15.2. The van der Waals surface area contributed by atoms with Gasteiger partial charge in [0.05, 0.1) is 4.88 Å². The average Bonchev–Trinajstić information content (AvgIpc) is 3.13. The maximum atomic E-state index is 13.2. The van der Waals surface area contributed by atoms with E-state index in [1.54, 1.807) is 31.4 Å². The average molecular weight is 392 g/mol. The van der Waals surface area contributed by atoms with Crippen molar-refractivity contribution >= 4 is 34.8 Å². The third kappa shape index (κ3) is 5.89. The maximum absolute atomic E-state index is 13.2. The predicted molar refractivity (Wildman–Crippen MR) is 101 cm³/mol. The van der Waals surface area contributed by atoms with Crippen LogP contribution in [0.2, 0.25) is 0 Å². The topological polar surface area (TPSA) is 84.5 Å². The van der Waals surface area contributed by atoms with E-state index in [1.165, 1.54) is 36.5 Å². The number of ether oxygens (including phenoxy) is 1. The Hall–Kier alpha value is -2.74.